The van der Waals surface area contributed by atoms with Crippen LogP contribution in [-0.4, -0.2) is 40.1 Å². The quantitative estimate of drug-likeness (QED) is 0.898. The predicted molar refractivity (Wildman–Crippen MR) is 93.5 cm³/mol. The van der Waals surface area contributed by atoms with Crippen LogP contribution in [0.15, 0.2) is 11.2 Å². The second-order valence-electron chi connectivity index (χ2n) is 7.13. The van der Waals surface area contributed by atoms with Gasteiger partial charge in [-0.25, -0.2) is 15.0 Å². The summed E-state index contributed by atoms with van der Waals surface area (Å²) >= 11 is 1.52. The van der Waals surface area contributed by atoms with Gasteiger partial charge in [0.05, 0.1) is 25.4 Å². The highest BCUT2D eigenvalue weighted by Crippen LogP contribution is 2.51. The lowest BCUT2D eigenvalue weighted by atomic mass is 9.60. The van der Waals surface area contributed by atoms with Gasteiger partial charge in [0, 0.05) is 0 Å². The van der Waals surface area contributed by atoms with Crippen molar-refractivity contribution in [2.45, 2.75) is 37.6 Å². The molecule has 3 fully saturated rings. The van der Waals surface area contributed by atoms with Crippen molar-refractivity contribution in [1.82, 2.24) is 15.0 Å². The number of nitrogens with two attached hydrogens (primary N) is 1. The topological polar surface area (TPSA) is 89.5 Å². The number of methoxy groups -OCH3 is 1. The molecule has 0 aromatic carbocycles. The Hall–Kier alpha value is -1.96. The van der Waals surface area contributed by atoms with Crippen LogP contribution in [0.25, 0.3) is 10.3 Å². The third kappa shape index (κ3) is 2.02. The molecular formula is C16H20N6OS. The maximum Gasteiger partial charge on any atom is 0.317 e. The monoisotopic (exact) mass is 344 g/mol. The number of hydrogen-bond donors (Lipinski definition) is 1. The van der Waals surface area contributed by atoms with Crippen LogP contribution >= 0.6 is 11.3 Å². The third-order valence-electron chi connectivity index (χ3n) is 5.83. The van der Waals surface area contributed by atoms with Gasteiger partial charge in [0.15, 0.2) is 15.9 Å². The first kappa shape index (κ1) is 14.4. The number of rotatable bonds is 2. The minimum absolute atomic E-state index is 0.00642. The van der Waals surface area contributed by atoms with Crippen LogP contribution < -0.4 is 15.4 Å². The smallest absolute Gasteiger partial charge is 0.317 e. The summed E-state index contributed by atoms with van der Waals surface area (Å²) in [7, 11) is 1.57. The minimum Gasteiger partial charge on any atom is -0.467 e. The number of ether oxygens (including phenoxy) is 1. The molecule has 1 unspecified atom stereocenters. The Labute approximate surface area is 144 Å². The summed E-state index contributed by atoms with van der Waals surface area (Å²) in [5, 5.41) is 0.854. The van der Waals surface area contributed by atoms with Crippen molar-refractivity contribution in [3.8, 4) is 6.01 Å². The molecule has 24 heavy (non-hydrogen) atoms. The molecule has 2 aromatic rings. The zero-order valence-corrected chi connectivity index (χ0v) is 14.4. The predicted octanol–water partition coefficient (Wildman–Crippen LogP) is 2.18. The van der Waals surface area contributed by atoms with Crippen LogP contribution in [0.1, 0.15) is 32.1 Å². The van der Waals surface area contributed by atoms with Crippen molar-refractivity contribution in [2.24, 2.45) is 22.6 Å². The van der Waals surface area contributed by atoms with Crippen LogP contribution in [0.5, 0.6) is 6.01 Å². The Morgan fingerprint density at radius 3 is 2.83 bits per heavy atom. The maximum atomic E-state index is 6.31. The van der Waals surface area contributed by atoms with Crippen LogP contribution in [0, 0.1) is 11.8 Å². The summed E-state index contributed by atoms with van der Waals surface area (Å²) in [5.74, 6) is 2.08. The van der Waals surface area contributed by atoms with Gasteiger partial charge in [-0.1, -0.05) is 24.2 Å². The van der Waals surface area contributed by atoms with Crippen LogP contribution in [-0.2, 0) is 0 Å². The maximum absolute atomic E-state index is 6.31. The van der Waals surface area contributed by atoms with Gasteiger partial charge in [-0.05, 0) is 31.1 Å². The largest absolute Gasteiger partial charge is 0.467 e. The first-order chi connectivity index (χ1) is 11.7. The van der Waals surface area contributed by atoms with E-state index in [0.29, 0.717) is 17.9 Å². The van der Waals surface area contributed by atoms with Crippen LogP contribution in [0.2, 0.25) is 0 Å². The number of aromatic nitrogens is 3. The molecule has 126 valence electrons. The van der Waals surface area contributed by atoms with Crippen LogP contribution in [0.3, 0.4) is 0 Å². The number of thiazole rings is 1. The standard InChI is InChI=1S/C16H20N6OS/c1-23-14-18-7-11-12(20-14)24-15(19-11)22-8-16(21-13(22)17)6-9-2-4-10(16)5-3-9/h7,9-10H,2-6,8H2,1H3,(H2,17,21). The summed E-state index contributed by atoms with van der Waals surface area (Å²) < 4.78 is 5.10. The highest BCUT2D eigenvalue weighted by Gasteiger charge is 2.52. The normalized spacial score (nSPS) is 31.9. The highest BCUT2D eigenvalue weighted by atomic mass is 32.1. The molecule has 2 aromatic heterocycles. The van der Waals surface area contributed by atoms with Gasteiger partial charge in [-0.15, -0.1) is 0 Å². The second kappa shape index (κ2) is 5.02. The molecule has 3 heterocycles. The molecule has 0 amide bonds. The van der Waals surface area contributed by atoms with E-state index in [0.717, 1.165) is 27.9 Å². The molecule has 1 spiro atoms. The van der Waals surface area contributed by atoms with Crippen molar-refractivity contribution < 1.29 is 4.74 Å². The van der Waals surface area contributed by atoms with Crippen molar-refractivity contribution in [2.75, 3.05) is 18.6 Å². The van der Waals surface area contributed by atoms with Crippen LogP contribution in [0.4, 0.5) is 5.13 Å². The van der Waals surface area contributed by atoms with E-state index in [1.54, 1.807) is 13.3 Å². The third-order valence-corrected chi connectivity index (χ3v) is 6.81. The molecular weight excluding hydrogens is 324 g/mol. The van der Waals surface area contributed by atoms with E-state index in [-0.39, 0.29) is 5.54 Å². The Bertz CT molecular complexity index is 827. The number of guanidine groups is 1. The summed E-state index contributed by atoms with van der Waals surface area (Å²) in [4.78, 5) is 21.0. The lowest BCUT2D eigenvalue weighted by Crippen LogP contribution is -2.49. The molecule has 2 bridgehead atoms. The Morgan fingerprint density at radius 2 is 2.12 bits per heavy atom. The number of hydrogen-bond acceptors (Lipinski definition) is 8. The minimum atomic E-state index is 0.00642. The van der Waals surface area contributed by atoms with E-state index in [1.807, 2.05) is 0 Å². The fourth-order valence-corrected chi connectivity index (χ4v) is 5.58. The number of aliphatic imine (C=N–C) groups is 1. The number of anilines is 1. The van der Waals surface area contributed by atoms with Crippen molar-refractivity contribution in [3.63, 3.8) is 0 Å². The van der Waals surface area contributed by atoms with E-state index in [1.165, 1.54) is 43.4 Å². The molecule has 1 atom stereocenters. The molecule has 4 aliphatic rings. The molecule has 3 saturated carbocycles. The average molecular weight is 344 g/mol. The zero-order chi connectivity index (χ0) is 16.3. The molecule has 2 N–H and O–H groups in total. The fourth-order valence-electron chi connectivity index (χ4n) is 4.67. The molecule has 6 rings (SSSR count). The lowest BCUT2D eigenvalue weighted by molar-refractivity contribution is 0.0830. The Kier molecular flexibility index (Phi) is 3.01. The summed E-state index contributed by atoms with van der Waals surface area (Å²) in [6.45, 7) is 0.852. The molecule has 3 aliphatic carbocycles. The van der Waals surface area contributed by atoms with Crippen molar-refractivity contribution in [1.29, 1.82) is 0 Å². The van der Waals surface area contributed by atoms with Crippen molar-refractivity contribution >= 4 is 32.8 Å². The summed E-state index contributed by atoms with van der Waals surface area (Å²) in [6, 6.07) is 0.363. The first-order valence-corrected chi connectivity index (χ1v) is 9.29. The molecule has 0 radical (unpaired) electrons. The number of nitrogens with zero attached hydrogens (tertiary/aromatic N) is 5. The van der Waals surface area contributed by atoms with Gasteiger partial charge in [0.25, 0.3) is 0 Å². The van der Waals surface area contributed by atoms with Gasteiger partial charge in [-0.3, -0.25) is 4.90 Å². The second-order valence-corrected chi connectivity index (χ2v) is 8.08. The van der Waals surface area contributed by atoms with E-state index in [2.05, 4.69) is 19.9 Å². The van der Waals surface area contributed by atoms with E-state index < -0.39 is 0 Å². The molecule has 1 aliphatic heterocycles. The van der Waals surface area contributed by atoms with E-state index >= 15 is 0 Å². The van der Waals surface area contributed by atoms with Gasteiger partial charge in [0.2, 0.25) is 0 Å². The summed E-state index contributed by atoms with van der Waals surface area (Å²) in [6.07, 6.45) is 8.17. The highest BCUT2D eigenvalue weighted by molar-refractivity contribution is 7.22. The molecule has 8 heteroatoms. The lowest BCUT2D eigenvalue weighted by Gasteiger charge is -2.47. The number of fused-ring (bicyclic) bond motifs is 3. The van der Waals surface area contributed by atoms with Gasteiger partial charge < -0.3 is 10.5 Å². The van der Waals surface area contributed by atoms with E-state index in [4.69, 9.17) is 15.5 Å². The average Bonchev–Trinajstić information content (AvgIpc) is 3.16. The van der Waals surface area contributed by atoms with Gasteiger partial charge in [-0.2, -0.15) is 4.98 Å². The zero-order valence-electron chi connectivity index (χ0n) is 13.6. The van der Waals surface area contributed by atoms with Gasteiger partial charge >= 0.3 is 6.01 Å². The van der Waals surface area contributed by atoms with Crippen molar-refractivity contribution in [3.05, 3.63) is 6.20 Å². The Balaban J connectivity index is 1.49. The first-order valence-electron chi connectivity index (χ1n) is 8.47. The Morgan fingerprint density at radius 1 is 1.29 bits per heavy atom. The SMILES string of the molecule is COc1ncc2nc(N3CC4(CC5CCC4CC5)N=C3N)sc2n1. The van der Waals surface area contributed by atoms with Gasteiger partial charge in [0.1, 0.15) is 5.52 Å². The molecule has 0 saturated heterocycles. The van der Waals surface area contributed by atoms with E-state index in [9.17, 15) is 0 Å². The fraction of sp³-hybridized carbons (Fsp3) is 0.625. The summed E-state index contributed by atoms with van der Waals surface area (Å²) in [5.41, 5.74) is 7.09. The molecule has 7 nitrogen and oxygen atoms in total.